The molecule has 0 saturated heterocycles. The summed E-state index contributed by atoms with van der Waals surface area (Å²) in [6.07, 6.45) is 1.93. The average molecular weight is 338 g/mol. The summed E-state index contributed by atoms with van der Waals surface area (Å²) in [6, 6.07) is 12.2. The van der Waals surface area contributed by atoms with Crippen LogP contribution in [-0.4, -0.2) is 18.4 Å². The Morgan fingerprint density at radius 2 is 1.96 bits per heavy atom. The lowest BCUT2D eigenvalue weighted by Gasteiger charge is -2.07. The fourth-order valence-electron chi connectivity index (χ4n) is 2.46. The number of ether oxygens (including phenoxy) is 3. The fraction of sp³-hybridized carbons (Fsp3) is 0.200. The molecule has 0 bridgehead atoms. The van der Waals surface area contributed by atoms with Crippen LogP contribution < -0.4 is 14.2 Å². The molecule has 128 valence electrons. The van der Waals surface area contributed by atoms with Crippen LogP contribution in [0, 0.1) is 0 Å². The van der Waals surface area contributed by atoms with Crippen LogP contribution in [0.25, 0.3) is 6.08 Å². The van der Waals surface area contributed by atoms with E-state index in [9.17, 15) is 9.59 Å². The number of rotatable bonds is 5. The summed E-state index contributed by atoms with van der Waals surface area (Å²) >= 11 is 0. The van der Waals surface area contributed by atoms with Gasteiger partial charge in [-0.15, -0.1) is 0 Å². The number of fused-ring (bicyclic) bond motifs is 1. The number of para-hydroxylation sites is 1. The summed E-state index contributed by atoms with van der Waals surface area (Å²) in [6.45, 7) is 4.14. The van der Waals surface area contributed by atoms with Crippen LogP contribution in [0.1, 0.15) is 36.2 Å². The van der Waals surface area contributed by atoms with Crippen molar-refractivity contribution in [2.24, 2.45) is 0 Å². The number of Topliss-reactive ketones (excluding diaryl/α,β-unsaturated/α-hetero) is 1. The van der Waals surface area contributed by atoms with Gasteiger partial charge in [-0.1, -0.05) is 25.1 Å². The molecular weight excluding hydrogens is 320 g/mol. The maximum absolute atomic E-state index is 12.5. The first-order valence-electron chi connectivity index (χ1n) is 8.13. The van der Waals surface area contributed by atoms with Gasteiger partial charge in [0.1, 0.15) is 17.2 Å². The first-order chi connectivity index (χ1) is 12.1. The zero-order chi connectivity index (χ0) is 17.8. The molecule has 0 aromatic heterocycles. The fourth-order valence-corrected chi connectivity index (χ4v) is 2.46. The van der Waals surface area contributed by atoms with Crippen molar-refractivity contribution in [3.63, 3.8) is 0 Å². The summed E-state index contributed by atoms with van der Waals surface area (Å²) in [5, 5.41) is 0. The molecular formula is C20H18O5. The molecule has 25 heavy (non-hydrogen) atoms. The molecule has 0 unspecified atom stereocenters. The predicted molar refractivity (Wildman–Crippen MR) is 92.9 cm³/mol. The predicted octanol–water partition coefficient (Wildman–Crippen LogP) is 4.02. The summed E-state index contributed by atoms with van der Waals surface area (Å²) < 4.78 is 16.4. The first-order valence-corrected chi connectivity index (χ1v) is 8.13. The number of hydrogen-bond donors (Lipinski definition) is 0. The highest BCUT2D eigenvalue weighted by atomic mass is 16.5. The Morgan fingerprint density at radius 1 is 1.16 bits per heavy atom. The molecule has 2 aromatic rings. The van der Waals surface area contributed by atoms with Gasteiger partial charge in [0.2, 0.25) is 5.78 Å². The van der Waals surface area contributed by atoms with Crippen LogP contribution in [0.3, 0.4) is 0 Å². The number of hydrogen-bond acceptors (Lipinski definition) is 5. The van der Waals surface area contributed by atoms with E-state index >= 15 is 0 Å². The van der Waals surface area contributed by atoms with Crippen molar-refractivity contribution in [3.05, 3.63) is 59.4 Å². The Kier molecular flexibility index (Phi) is 4.84. The van der Waals surface area contributed by atoms with Gasteiger partial charge in [-0.3, -0.25) is 9.59 Å². The SMILES string of the molecule is CCOc1ccccc1C=C1Oc2cc(OC(=O)CC)ccc2C1=O. The van der Waals surface area contributed by atoms with Gasteiger partial charge in [0.05, 0.1) is 12.2 Å². The molecule has 0 N–H and O–H groups in total. The molecule has 1 aliphatic heterocycles. The lowest BCUT2D eigenvalue weighted by atomic mass is 10.1. The van der Waals surface area contributed by atoms with Crippen molar-refractivity contribution in [2.75, 3.05) is 6.61 Å². The number of esters is 1. The van der Waals surface area contributed by atoms with Crippen molar-refractivity contribution < 1.29 is 23.8 Å². The van der Waals surface area contributed by atoms with E-state index in [4.69, 9.17) is 14.2 Å². The highest BCUT2D eigenvalue weighted by Crippen LogP contribution is 2.35. The van der Waals surface area contributed by atoms with Gasteiger partial charge in [-0.25, -0.2) is 0 Å². The lowest BCUT2D eigenvalue weighted by Crippen LogP contribution is -2.05. The Bertz CT molecular complexity index is 851. The number of carbonyl (C=O) groups excluding carboxylic acids is 2. The molecule has 5 nitrogen and oxygen atoms in total. The third-order valence-corrected chi connectivity index (χ3v) is 3.67. The summed E-state index contributed by atoms with van der Waals surface area (Å²) in [5.74, 6) is 1.07. The Labute approximate surface area is 145 Å². The molecule has 0 aliphatic carbocycles. The largest absolute Gasteiger partial charge is 0.493 e. The van der Waals surface area contributed by atoms with E-state index in [1.165, 1.54) is 0 Å². The number of carbonyl (C=O) groups is 2. The highest BCUT2D eigenvalue weighted by molar-refractivity contribution is 6.14. The van der Waals surface area contributed by atoms with Crippen LogP contribution in [0.15, 0.2) is 48.2 Å². The van der Waals surface area contributed by atoms with E-state index < -0.39 is 0 Å². The second-order valence-corrected chi connectivity index (χ2v) is 5.40. The van der Waals surface area contributed by atoms with E-state index in [0.717, 1.165) is 5.56 Å². The molecule has 0 spiro atoms. The van der Waals surface area contributed by atoms with Crippen molar-refractivity contribution in [2.45, 2.75) is 20.3 Å². The van der Waals surface area contributed by atoms with E-state index in [-0.39, 0.29) is 23.9 Å². The van der Waals surface area contributed by atoms with Crippen LogP contribution >= 0.6 is 0 Å². The van der Waals surface area contributed by atoms with E-state index in [1.54, 1.807) is 31.2 Å². The quantitative estimate of drug-likeness (QED) is 0.468. The molecule has 3 rings (SSSR count). The van der Waals surface area contributed by atoms with Crippen LogP contribution in [0.5, 0.6) is 17.2 Å². The molecule has 0 atom stereocenters. The van der Waals surface area contributed by atoms with Crippen molar-refractivity contribution >= 4 is 17.8 Å². The molecule has 0 saturated carbocycles. The first kappa shape index (κ1) is 16.8. The number of benzene rings is 2. The molecule has 1 aliphatic rings. The van der Waals surface area contributed by atoms with Crippen molar-refractivity contribution in [1.29, 1.82) is 0 Å². The van der Waals surface area contributed by atoms with Crippen molar-refractivity contribution in [1.82, 2.24) is 0 Å². The zero-order valence-electron chi connectivity index (χ0n) is 14.1. The Morgan fingerprint density at radius 3 is 2.72 bits per heavy atom. The van der Waals surface area contributed by atoms with Gasteiger partial charge in [0.15, 0.2) is 5.76 Å². The molecule has 5 heteroatoms. The normalized spacial score (nSPS) is 14.2. The van der Waals surface area contributed by atoms with E-state index in [2.05, 4.69) is 0 Å². The third-order valence-electron chi connectivity index (χ3n) is 3.67. The highest BCUT2D eigenvalue weighted by Gasteiger charge is 2.28. The standard InChI is InChI=1S/C20H18O5/c1-3-19(21)24-14-9-10-15-17(12-14)25-18(20(15)22)11-13-7-5-6-8-16(13)23-4-2/h5-12H,3-4H2,1-2H3. The van der Waals surface area contributed by atoms with Gasteiger partial charge < -0.3 is 14.2 Å². The minimum Gasteiger partial charge on any atom is -0.493 e. The van der Waals surface area contributed by atoms with Gasteiger partial charge in [0.25, 0.3) is 0 Å². The van der Waals surface area contributed by atoms with Crippen LogP contribution in [-0.2, 0) is 4.79 Å². The summed E-state index contributed by atoms with van der Waals surface area (Å²) in [7, 11) is 0. The van der Waals surface area contributed by atoms with E-state index in [0.29, 0.717) is 29.4 Å². The average Bonchev–Trinajstić information content (AvgIpc) is 2.92. The molecule has 0 fully saturated rings. The number of allylic oxidation sites excluding steroid dienone is 1. The van der Waals surface area contributed by atoms with Crippen LogP contribution in [0.2, 0.25) is 0 Å². The second kappa shape index (κ2) is 7.21. The van der Waals surface area contributed by atoms with Gasteiger partial charge in [-0.05, 0) is 31.2 Å². The summed E-state index contributed by atoms with van der Waals surface area (Å²) in [4.78, 5) is 23.9. The second-order valence-electron chi connectivity index (χ2n) is 5.40. The van der Waals surface area contributed by atoms with Crippen molar-refractivity contribution in [3.8, 4) is 17.2 Å². The monoisotopic (exact) mass is 338 g/mol. The molecule has 2 aromatic carbocycles. The minimum absolute atomic E-state index is 0.209. The topological polar surface area (TPSA) is 61.8 Å². The minimum atomic E-state index is -0.342. The maximum atomic E-state index is 12.5. The Hall–Kier alpha value is -3.08. The molecule has 0 radical (unpaired) electrons. The van der Waals surface area contributed by atoms with Gasteiger partial charge in [0, 0.05) is 18.1 Å². The van der Waals surface area contributed by atoms with E-state index in [1.807, 2.05) is 31.2 Å². The molecule has 1 heterocycles. The molecule has 0 amide bonds. The van der Waals surface area contributed by atoms with Crippen LogP contribution in [0.4, 0.5) is 0 Å². The number of ketones is 1. The van der Waals surface area contributed by atoms with Gasteiger partial charge >= 0.3 is 5.97 Å². The smallest absolute Gasteiger partial charge is 0.310 e. The summed E-state index contributed by atoms with van der Waals surface area (Å²) in [5.41, 5.74) is 1.20. The lowest BCUT2D eigenvalue weighted by molar-refractivity contribution is -0.134. The van der Waals surface area contributed by atoms with Gasteiger partial charge in [-0.2, -0.15) is 0 Å². The maximum Gasteiger partial charge on any atom is 0.310 e. The zero-order valence-corrected chi connectivity index (χ0v) is 14.1. The Balaban J connectivity index is 1.89. The third kappa shape index (κ3) is 3.55.